The molecule has 0 N–H and O–H groups in total. The Labute approximate surface area is 164 Å². The van der Waals surface area contributed by atoms with Gasteiger partial charge in [0, 0.05) is 10.9 Å². The molecule has 2 heterocycles. The summed E-state index contributed by atoms with van der Waals surface area (Å²) in [5.41, 5.74) is 3.47. The molecule has 0 aromatic heterocycles. The average molecular weight is 403 g/mol. The van der Waals surface area contributed by atoms with Crippen LogP contribution in [0.2, 0.25) is 0 Å². The number of hydrogen-bond donors (Lipinski definition) is 0. The Kier molecular flexibility index (Phi) is 4.90. The number of aryl methyl sites for hydroxylation is 1. The largest absolute Gasteiger partial charge is 0.497 e. The molecular formula is C20H22N2O3S2. The van der Waals surface area contributed by atoms with Gasteiger partial charge >= 0.3 is 0 Å². The minimum Gasteiger partial charge on any atom is -0.497 e. The topological polar surface area (TPSA) is 59.0 Å². The molecule has 2 aliphatic heterocycles. The van der Waals surface area contributed by atoms with Gasteiger partial charge in [-0.3, -0.25) is 4.99 Å². The normalized spacial score (nSPS) is 23.0. The Bertz CT molecular complexity index is 971. The van der Waals surface area contributed by atoms with Crippen LogP contribution >= 0.6 is 11.8 Å². The highest BCUT2D eigenvalue weighted by Crippen LogP contribution is 2.37. The molecule has 1 fully saturated rings. The van der Waals surface area contributed by atoms with Gasteiger partial charge in [-0.05, 0) is 42.3 Å². The molecular weight excluding hydrogens is 380 g/mol. The van der Waals surface area contributed by atoms with Crippen molar-refractivity contribution in [3.05, 3.63) is 59.7 Å². The maximum absolute atomic E-state index is 11.9. The van der Waals surface area contributed by atoms with Crippen LogP contribution in [0, 0.1) is 6.92 Å². The van der Waals surface area contributed by atoms with E-state index in [9.17, 15) is 8.42 Å². The van der Waals surface area contributed by atoms with E-state index in [1.807, 2.05) is 36.4 Å². The molecule has 0 saturated carbocycles. The molecule has 0 unspecified atom stereocenters. The predicted molar refractivity (Wildman–Crippen MR) is 112 cm³/mol. The van der Waals surface area contributed by atoms with E-state index in [1.165, 1.54) is 11.1 Å². The lowest BCUT2D eigenvalue weighted by Crippen LogP contribution is -2.28. The maximum atomic E-state index is 11.9. The lowest BCUT2D eigenvalue weighted by Gasteiger charge is -2.25. The lowest BCUT2D eigenvalue weighted by atomic mass is 10.1. The van der Waals surface area contributed by atoms with Gasteiger partial charge in [-0.1, -0.05) is 36.0 Å². The van der Waals surface area contributed by atoms with Crippen LogP contribution in [0.3, 0.4) is 0 Å². The van der Waals surface area contributed by atoms with Gasteiger partial charge in [0.15, 0.2) is 15.0 Å². The molecule has 27 heavy (non-hydrogen) atoms. The molecule has 5 nitrogen and oxygen atoms in total. The monoisotopic (exact) mass is 402 g/mol. The van der Waals surface area contributed by atoms with Gasteiger partial charge in [-0.15, -0.1) is 0 Å². The van der Waals surface area contributed by atoms with Gasteiger partial charge in [0.05, 0.1) is 31.2 Å². The second-order valence-electron chi connectivity index (χ2n) is 6.92. The van der Waals surface area contributed by atoms with Crippen molar-refractivity contribution in [3.63, 3.8) is 0 Å². The van der Waals surface area contributed by atoms with Gasteiger partial charge < -0.3 is 9.64 Å². The molecule has 0 radical (unpaired) electrons. The van der Waals surface area contributed by atoms with E-state index in [2.05, 4.69) is 24.0 Å². The van der Waals surface area contributed by atoms with Crippen LogP contribution in [0.25, 0.3) is 0 Å². The first-order chi connectivity index (χ1) is 12.9. The number of ether oxygens (including phenoxy) is 1. The summed E-state index contributed by atoms with van der Waals surface area (Å²) in [6, 6.07) is 16.1. The van der Waals surface area contributed by atoms with Crippen molar-refractivity contribution < 1.29 is 13.2 Å². The molecule has 0 amide bonds. The first-order valence-corrected chi connectivity index (χ1v) is 11.6. The summed E-state index contributed by atoms with van der Waals surface area (Å²) in [6.07, 6.45) is 0. The Morgan fingerprint density at radius 1 is 1.15 bits per heavy atom. The molecule has 0 aliphatic carbocycles. The van der Waals surface area contributed by atoms with Crippen LogP contribution in [-0.2, 0) is 16.4 Å². The third-order valence-corrected chi connectivity index (χ3v) is 8.26. The number of fused-ring (bicyclic) bond motifs is 1. The summed E-state index contributed by atoms with van der Waals surface area (Å²) in [5, 5.41) is 0.927. The van der Waals surface area contributed by atoms with Crippen LogP contribution in [0.5, 0.6) is 5.75 Å². The van der Waals surface area contributed by atoms with E-state index in [-0.39, 0.29) is 22.8 Å². The van der Waals surface area contributed by atoms with Crippen molar-refractivity contribution >= 4 is 32.5 Å². The summed E-state index contributed by atoms with van der Waals surface area (Å²) in [6.45, 7) is 2.80. The SMILES string of the molecule is COc1ccc(N(Cc2ccccc2C)C2=N[C@H]3CS(=O)(=O)C[C@H]3S2)cc1. The molecule has 7 heteroatoms. The lowest BCUT2D eigenvalue weighted by molar-refractivity contribution is 0.415. The molecule has 2 aliphatic rings. The molecule has 0 spiro atoms. The Morgan fingerprint density at radius 2 is 1.89 bits per heavy atom. The number of sulfone groups is 1. The van der Waals surface area contributed by atoms with Gasteiger partial charge in [0.2, 0.25) is 0 Å². The number of amidine groups is 1. The fourth-order valence-electron chi connectivity index (χ4n) is 3.46. The van der Waals surface area contributed by atoms with E-state index in [0.717, 1.165) is 16.6 Å². The van der Waals surface area contributed by atoms with Crippen molar-refractivity contribution in [2.45, 2.75) is 24.8 Å². The Hall–Kier alpha value is -1.99. The number of anilines is 1. The quantitative estimate of drug-likeness (QED) is 0.786. The fraction of sp³-hybridized carbons (Fsp3) is 0.350. The van der Waals surface area contributed by atoms with E-state index in [1.54, 1.807) is 18.9 Å². The first kappa shape index (κ1) is 18.4. The third-order valence-electron chi connectivity index (χ3n) is 5.01. The molecule has 2 atom stereocenters. The van der Waals surface area contributed by atoms with Crippen LogP contribution in [0.1, 0.15) is 11.1 Å². The van der Waals surface area contributed by atoms with Crippen LogP contribution in [0.15, 0.2) is 53.5 Å². The van der Waals surface area contributed by atoms with E-state index in [4.69, 9.17) is 9.73 Å². The number of nitrogens with zero attached hydrogens (tertiary/aromatic N) is 2. The summed E-state index contributed by atoms with van der Waals surface area (Å²) in [4.78, 5) is 6.96. The molecule has 0 bridgehead atoms. The molecule has 1 saturated heterocycles. The van der Waals surface area contributed by atoms with Gasteiger partial charge in [0.25, 0.3) is 0 Å². The number of hydrogen-bond acceptors (Lipinski definition) is 6. The molecule has 142 valence electrons. The highest BCUT2D eigenvalue weighted by molar-refractivity contribution is 8.15. The second-order valence-corrected chi connectivity index (χ2v) is 10.3. The number of thioether (sulfide) groups is 1. The van der Waals surface area contributed by atoms with Gasteiger partial charge in [-0.2, -0.15) is 0 Å². The van der Waals surface area contributed by atoms with E-state index >= 15 is 0 Å². The number of methoxy groups -OCH3 is 1. The highest BCUT2D eigenvalue weighted by atomic mass is 32.2. The number of aliphatic imine (C=N–C) groups is 1. The van der Waals surface area contributed by atoms with Crippen molar-refractivity contribution in [2.24, 2.45) is 4.99 Å². The summed E-state index contributed by atoms with van der Waals surface area (Å²) < 4.78 is 29.0. The van der Waals surface area contributed by atoms with Crippen LogP contribution in [-0.4, -0.2) is 43.5 Å². The van der Waals surface area contributed by atoms with Crippen molar-refractivity contribution in [1.29, 1.82) is 0 Å². The summed E-state index contributed by atoms with van der Waals surface area (Å²) in [5.74, 6) is 1.18. The first-order valence-electron chi connectivity index (χ1n) is 8.86. The number of rotatable bonds is 4. The maximum Gasteiger partial charge on any atom is 0.164 e. The summed E-state index contributed by atoms with van der Waals surface area (Å²) in [7, 11) is -1.31. The van der Waals surface area contributed by atoms with Gasteiger partial charge in [0.1, 0.15) is 5.75 Å². The zero-order valence-corrected chi connectivity index (χ0v) is 17.0. The smallest absolute Gasteiger partial charge is 0.164 e. The van der Waals surface area contributed by atoms with Crippen LogP contribution < -0.4 is 9.64 Å². The minimum absolute atomic E-state index is 0.0302. The van der Waals surface area contributed by atoms with E-state index in [0.29, 0.717) is 6.54 Å². The zero-order chi connectivity index (χ0) is 19.0. The molecule has 4 rings (SSSR count). The number of benzene rings is 2. The van der Waals surface area contributed by atoms with E-state index < -0.39 is 9.84 Å². The minimum atomic E-state index is -2.96. The average Bonchev–Trinajstić information content (AvgIpc) is 3.14. The Morgan fingerprint density at radius 3 is 2.56 bits per heavy atom. The highest BCUT2D eigenvalue weighted by Gasteiger charge is 2.44. The Balaban J connectivity index is 1.67. The third kappa shape index (κ3) is 3.84. The predicted octanol–water partition coefficient (Wildman–Crippen LogP) is 3.28. The molecule has 2 aromatic carbocycles. The van der Waals surface area contributed by atoms with Crippen molar-refractivity contribution in [3.8, 4) is 5.75 Å². The van der Waals surface area contributed by atoms with Gasteiger partial charge in [-0.25, -0.2) is 8.42 Å². The summed E-state index contributed by atoms with van der Waals surface area (Å²) >= 11 is 1.59. The van der Waals surface area contributed by atoms with Crippen molar-refractivity contribution in [1.82, 2.24) is 0 Å². The van der Waals surface area contributed by atoms with Crippen molar-refractivity contribution in [2.75, 3.05) is 23.5 Å². The van der Waals surface area contributed by atoms with Crippen LogP contribution in [0.4, 0.5) is 5.69 Å². The zero-order valence-electron chi connectivity index (χ0n) is 15.3. The molecule has 2 aromatic rings. The fourth-order valence-corrected chi connectivity index (χ4v) is 7.24. The second kappa shape index (κ2) is 7.20. The standard InChI is InChI=1S/C20H22N2O3S2/c1-14-5-3-4-6-15(14)11-22(16-7-9-17(25-2)10-8-16)20-21-18-12-27(23,24)13-19(18)26-20/h3-10,18-19H,11-13H2,1-2H3/t18-,19+/m0/s1.